The highest BCUT2D eigenvalue weighted by atomic mass is 32.3. The molecule has 0 aliphatic heterocycles. The maximum absolute atomic E-state index is 11.4. The summed E-state index contributed by atoms with van der Waals surface area (Å²) in [6.07, 6.45) is 1.24. The van der Waals surface area contributed by atoms with Crippen LogP contribution in [0, 0.1) is 0 Å². The van der Waals surface area contributed by atoms with Gasteiger partial charge in [-0.3, -0.25) is 0 Å². The predicted octanol–water partition coefficient (Wildman–Crippen LogP) is -0.159. The quantitative estimate of drug-likeness (QED) is 0.561. The van der Waals surface area contributed by atoms with Crippen molar-refractivity contribution in [3.8, 4) is 0 Å². The van der Waals surface area contributed by atoms with E-state index in [1.54, 1.807) is 0 Å². The molecular formula is C7H10N2O3S2. The Kier molecular flexibility index (Phi) is 3.38. The van der Waals surface area contributed by atoms with E-state index >= 15 is 0 Å². The summed E-state index contributed by atoms with van der Waals surface area (Å²) in [4.78, 5) is 0.0434. The molecule has 0 amide bonds. The number of benzene rings is 1. The van der Waals surface area contributed by atoms with Gasteiger partial charge >= 0.3 is 0 Å². The van der Waals surface area contributed by atoms with Gasteiger partial charge in [0, 0.05) is 5.69 Å². The van der Waals surface area contributed by atoms with E-state index in [0.29, 0.717) is 5.69 Å². The van der Waals surface area contributed by atoms with Crippen LogP contribution in [0.4, 0.5) is 5.69 Å². The lowest BCUT2D eigenvalue weighted by atomic mass is 10.3. The molecule has 0 spiro atoms. The van der Waals surface area contributed by atoms with Crippen molar-refractivity contribution in [1.82, 2.24) is 4.13 Å². The van der Waals surface area contributed by atoms with Crippen LogP contribution in [0.5, 0.6) is 0 Å². The van der Waals surface area contributed by atoms with E-state index in [1.165, 1.54) is 30.5 Å². The van der Waals surface area contributed by atoms with Crippen LogP contribution in [0.1, 0.15) is 0 Å². The average Bonchev–Trinajstić information content (AvgIpc) is 2.02. The van der Waals surface area contributed by atoms with Gasteiger partial charge < -0.3 is 10.3 Å². The van der Waals surface area contributed by atoms with E-state index in [0.717, 1.165) is 0 Å². The molecule has 78 valence electrons. The van der Waals surface area contributed by atoms with Crippen LogP contribution in [0.2, 0.25) is 0 Å². The standard InChI is InChI=1S/C7H10N2O3S2/c1-13(10)9-14(11,12)7-4-2-6(8)3-5-7/h2-5,9H,8H2,1H3. The molecule has 0 radical (unpaired) electrons. The first-order valence-electron chi connectivity index (χ1n) is 3.63. The number of nitrogens with one attached hydrogen (secondary N) is 1. The van der Waals surface area contributed by atoms with Crippen molar-refractivity contribution in [2.24, 2.45) is 0 Å². The molecule has 0 aliphatic carbocycles. The van der Waals surface area contributed by atoms with Crippen LogP contribution in [0.3, 0.4) is 0 Å². The number of anilines is 1. The molecule has 0 bridgehead atoms. The number of sulfonamides is 1. The molecule has 14 heavy (non-hydrogen) atoms. The van der Waals surface area contributed by atoms with Crippen LogP contribution in [0.15, 0.2) is 29.2 Å². The summed E-state index contributed by atoms with van der Waals surface area (Å²) in [6, 6.07) is 5.63. The molecule has 7 heteroatoms. The minimum atomic E-state index is -3.68. The molecule has 1 rings (SSSR count). The second kappa shape index (κ2) is 4.18. The predicted molar refractivity (Wildman–Crippen MR) is 55.2 cm³/mol. The Hall–Kier alpha value is -0.760. The van der Waals surface area contributed by atoms with Crippen LogP contribution in [0.25, 0.3) is 0 Å². The molecular weight excluding hydrogens is 224 g/mol. The van der Waals surface area contributed by atoms with Crippen molar-refractivity contribution < 1.29 is 13.0 Å². The SMILES string of the molecule is C[S+]([O-])NS(=O)(=O)c1ccc(N)cc1. The second-order valence-corrected chi connectivity index (χ2v) is 5.66. The van der Waals surface area contributed by atoms with Gasteiger partial charge in [0.05, 0.1) is 16.3 Å². The van der Waals surface area contributed by atoms with Gasteiger partial charge in [-0.1, -0.05) is 0 Å². The monoisotopic (exact) mass is 234 g/mol. The summed E-state index contributed by atoms with van der Waals surface area (Å²) in [6.45, 7) is 0. The number of hydrogen-bond donors (Lipinski definition) is 2. The largest absolute Gasteiger partial charge is 0.597 e. The zero-order valence-electron chi connectivity index (χ0n) is 7.43. The second-order valence-electron chi connectivity index (χ2n) is 2.61. The zero-order chi connectivity index (χ0) is 10.8. The smallest absolute Gasteiger partial charge is 0.279 e. The van der Waals surface area contributed by atoms with Crippen LogP contribution in [-0.4, -0.2) is 19.2 Å². The average molecular weight is 234 g/mol. The first-order chi connectivity index (χ1) is 6.42. The Morgan fingerprint density at radius 1 is 1.36 bits per heavy atom. The van der Waals surface area contributed by atoms with Gasteiger partial charge in [-0.05, 0) is 28.4 Å². The first-order valence-corrected chi connectivity index (χ1v) is 6.67. The lowest BCUT2D eigenvalue weighted by molar-refractivity contribution is 0.579. The molecule has 0 aliphatic rings. The first kappa shape index (κ1) is 11.3. The highest BCUT2D eigenvalue weighted by molar-refractivity contribution is 8.04. The molecule has 5 nitrogen and oxygen atoms in total. The lowest BCUT2D eigenvalue weighted by Crippen LogP contribution is -2.29. The Bertz CT molecular complexity index is 399. The van der Waals surface area contributed by atoms with Crippen molar-refractivity contribution in [3.05, 3.63) is 24.3 Å². The third kappa shape index (κ3) is 2.88. The van der Waals surface area contributed by atoms with Crippen molar-refractivity contribution >= 4 is 27.1 Å². The van der Waals surface area contributed by atoms with Gasteiger partial charge in [0.15, 0.2) is 0 Å². The summed E-state index contributed by atoms with van der Waals surface area (Å²) in [5.41, 5.74) is 5.87. The lowest BCUT2D eigenvalue weighted by Gasteiger charge is -2.06. The highest BCUT2D eigenvalue weighted by Gasteiger charge is 2.18. The van der Waals surface area contributed by atoms with E-state index in [9.17, 15) is 13.0 Å². The molecule has 0 aromatic heterocycles. The third-order valence-electron chi connectivity index (χ3n) is 1.42. The number of nitrogen functional groups attached to an aromatic ring is 1. The maximum atomic E-state index is 11.4. The van der Waals surface area contributed by atoms with Gasteiger partial charge in [-0.25, -0.2) is 8.42 Å². The van der Waals surface area contributed by atoms with Crippen molar-refractivity contribution in [1.29, 1.82) is 0 Å². The summed E-state index contributed by atoms with van der Waals surface area (Å²) in [7, 11) is -3.68. The third-order valence-corrected chi connectivity index (χ3v) is 4.13. The molecule has 0 saturated heterocycles. The van der Waals surface area contributed by atoms with Gasteiger partial charge in [-0.15, -0.1) is 0 Å². The van der Waals surface area contributed by atoms with Gasteiger partial charge in [-0.2, -0.15) is 0 Å². The fraction of sp³-hybridized carbons (Fsp3) is 0.143. The molecule has 1 atom stereocenters. The number of nitrogens with two attached hydrogens (primary N) is 1. The maximum Gasteiger partial charge on any atom is 0.279 e. The number of hydrogen-bond acceptors (Lipinski definition) is 4. The normalized spacial score (nSPS) is 13.9. The van der Waals surface area contributed by atoms with Crippen LogP contribution < -0.4 is 9.86 Å². The van der Waals surface area contributed by atoms with Crippen molar-refractivity contribution in [3.63, 3.8) is 0 Å². The molecule has 0 heterocycles. The van der Waals surface area contributed by atoms with Gasteiger partial charge in [0.2, 0.25) is 0 Å². The summed E-state index contributed by atoms with van der Waals surface area (Å²) >= 11 is -1.61. The van der Waals surface area contributed by atoms with Gasteiger partial charge in [0.1, 0.15) is 6.26 Å². The van der Waals surface area contributed by atoms with E-state index in [4.69, 9.17) is 5.73 Å². The molecule has 0 saturated carbocycles. The molecule has 1 aromatic rings. The Labute approximate surface area is 85.7 Å². The molecule has 1 unspecified atom stereocenters. The molecule has 0 fully saturated rings. The minimum Gasteiger partial charge on any atom is -0.597 e. The topological polar surface area (TPSA) is 95.2 Å². The summed E-state index contributed by atoms with van der Waals surface area (Å²) in [5, 5.41) is 0. The van der Waals surface area contributed by atoms with Gasteiger partial charge in [0.25, 0.3) is 10.0 Å². The summed E-state index contributed by atoms with van der Waals surface area (Å²) < 4.78 is 35.5. The van der Waals surface area contributed by atoms with Crippen molar-refractivity contribution in [2.45, 2.75) is 4.90 Å². The van der Waals surface area contributed by atoms with Crippen LogP contribution >= 0.6 is 0 Å². The molecule has 3 N–H and O–H groups in total. The fourth-order valence-electron chi connectivity index (χ4n) is 0.850. The van der Waals surface area contributed by atoms with E-state index in [2.05, 4.69) is 0 Å². The fourth-order valence-corrected chi connectivity index (χ4v) is 2.96. The molecule has 1 aromatic carbocycles. The minimum absolute atomic E-state index is 0.0434. The van der Waals surface area contributed by atoms with E-state index in [-0.39, 0.29) is 4.90 Å². The Morgan fingerprint density at radius 2 is 1.86 bits per heavy atom. The Morgan fingerprint density at radius 3 is 2.29 bits per heavy atom. The summed E-state index contributed by atoms with van der Waals surface area (Å²) in [5.74, 6) is 0. The number of rotatable bonds is 3. The van der Waals surface area contributed by atoms with Crippen molar-refractivity contribution in [2.75, 3.05) is 12.0 Å². The van der Waals surface area contributed by atoms with E-state index in [1.807, 2.05) is 4.13 Å². The highest BCUT2D eigenvalue weighted by Crippen LogP contribution is 2.11. The zero-order valence-corrected chi connectivity index (χ0v) is 9.06. The van der Waals surface area contributed by atoms with E-state index < -0.39 is 21.4 Å². The van der Waals surface area contributed by atoms with Crippen LogP contribution in [-0.2, 0) is 21.4 Å². The Balaban J connectivity index is 2.99.